The summed E-state index contributed by atoms with van der Waals surface area (Å²) >= 11 is 7.48. The number of carbonyl (C=O) groups excluding carboxylic acids is 1. The predicted octanol–water partition coefficient (Wildman–Crippen LogP) is 4.20. The van der Waals surface area contributed by atoms with Gasteiger partial charge in [-0.3, -0.25) is 10.2 Å². The van der Waals surface area contributed by atoms with E-state index in [0.717, 1.165) is 16.6 Å². The van der Waals surface area contributed by atoms with Crippen LogP contribution in [-0.2, 0) is 0 Å². The van der Waals surface area contributed by atoms with Gasteiger partial charge in [0.2, 0.25) is 0 Å². The molecular formula is C17H11ClN4OS. The molecule has 0 aliphatic carbocycles. The van der Waals surface area contributed by atoms with Crippen LogP contribution in [0.5, 0.6) is 0 Å². The summed E-state index contributed by atoms with van der Waals surface area (Å²) < 4.78 is 1.60. The highest BCUT2D eigenvalue weighted by Crippen LogP contribution is 2.31. The lowest BCUT2D eigenvalue weighted by Crippen LogP contribution is -2.21. The normalized spacial score (nSPS) is 10.9. The summed E-state index contributed by atoms with van der Waals surface area (Å²) in [6.45, 7) is 0. The van der Waals surface area contributed by atoms with Gasteiger partial charge in [-0.05, 0) is 18.2 Å². The van der Waals surface area contributed by atoms with Crippen LogP contribution in [-0.4, -0.2) is 20.6 Å². The van der Waals surface area contributed by atoms with Gasteiger partial charge in [0.25, 0.3) is 5.91 Å². The molecule has 4 aromatic rings. The van der Waals surface area contributed by atoms with Gasteiger partial charge in [0.15, 0.2) is 0 Å². The molecule has 24 heavy (non-hydrogen) atoms. The minimum Gasteiger partial charge on any atom is -0.266 e. The fraction of sp³-hybridized carbons (Fsp3) is 0. The van der Waals surface area contributed by atoms with E-state index >= 15 is 0 Å². The van der Waals surface area contributed by atoms with Gasteiger partial charge in [-0.15, -0.1) is 11.3 Å². The van der Waals surface area contributed by atoms with E-state index in [-0.39, 0.29) is 5.91 Å². The second-order valence-electron chi connectivity index (χ2n) is 5.05. The minimum absolute atomic E-state index is 0.242. The smallest absolute Gasteiger partial charge is 0.266 e. The van der Waals surface area contributed by atoms with E-state index in [4.69, 9.17) is 11.6 Å². The number of benzene rings is 2. The maximum absolute atomic E-state index is 12.5. The number of thiazole rings is 1. The number of nitrogens with zero attached hydrogens (tertiary/aromatic N) is 3. The first-order valence-corrected chi connectivity index (χ1v) is 8.36. The Bertz CT molecular complexity index is 1040. The van der Waals surface area contributed by atoms with E-state index in [9.17, 15) is 4.79 Å². The molecule has 1 N–H and O–H groups in total. The second kappa shape index (κ2) is 6.07. The first-order chi connectivity index (χ1) is 11.7. The van der Waals surface area contributed by atoms with Crippen LogP contribution in [0.25, 0.3) is 21.6 Å². The molecule has 2 aromatic heterocycles. The molecule has 5 nitrogen and oxygen atoms in total. The lowest BCUT2D eigenvalue weighted by Gasteiger charge is -2.04. The molecule has 1 amide bonds. The van der Waals surface area contributed by atoms with Crippen molar-refractivity contribution in [1.29, 1.82) is 0 Å². The summed E-state index contributed by atoms with van der Waals surface area (Å²) in [5.41, 5.74) is 5.28. The van der Waals surface area contributed by atoms with Crippen molar-refractivity contribution in [2.45, 2.75) is 0 Å². The van der Waals surface area contributed by atoms with Crippen molar-refractivity contribution in [3.05, 3.63) is 71.0 Å². The molecule has 0 aliphatic heterocycles. The average molecular weight is 355 g/mol. The largest absolute Gasteiger partial charge is 0.281 e. The molecule has 0 atom stereocenters. The number of nitrogens with one attached hydrogen (secondary N) is 1. The topological polar surface area (TPSA) is 59.8 Å². The highest BCUT2D eigenvalue weighted by Gasteiger charge is 2.14. The lowest BCUT2D eigenvalue weighted by atomic mass is 10.2. The Morgan fingerprint density at radius 1 is 1.08 bits per heavy atom. The van der Waals surface area contributed by atoms with Crippen molar-refractivity contribution in [3.8, 4) is 10.6 Å². The summed E-state index contributed by atoms with van der Waals surface area (Å²) in [4.78, 5) is 21.5. The molecule has 2 aromatic carbocycles. The first kappa shape index (κ1) is 14.9. The highest BCUT2D eigenvalue weighted by atomic mass is 35.5. The first-order valence-electron chi connectivity index (χ1n) is 7.16. The van der Waals surface area contributed by atoms with E-state index < -0.39 is 0 Å². The summed E-state index contributed by atoms with van der Waals surface area (Å²) in [5, 5.41) is 1.32. The van der Waals surface area contributed by atoms with E-state index in [1.165, 1.54) is 11.3 Å². The van der Waals surface area contributed by atoms with Crippen molar-refractivity contribution in [2.24, 2.45) is 0 Å². The number of hydrogen-bond acceptors (Lipinski definition) is 4. The van der Waals surface area contributed by atoms with Crippen molar-refractivity contribution >= 4 is 39.9 Å². The zero-order valence-corrected chi connectivity index (χ0v) is 13.9. The lowest BCUT2D eigenvalue weighted by molar-refractivity contribution is 0.101. The summed E-state index contributed by atoms with van der Waals surface area (Å²) in [6.07, 6.45) is 3.14. The molecule has 0 spiro atoms. The molecule has 0 saturated heterocycles. The Labute approximate surface area is 146 Å². The molecule has 0 saturated carbocycles. The van der Waals surface area contributed by atoms with Crippen LogP contribution in [0.1, 0.15) is 9.67 Å². The van der Waals surface area contributed by atoms with E-state index in [0.29, 0.717) is 14.9 Å². The van der Waals surface area contributed by atoms with Gasteiger partial charge in [0, 0.05) is 5.56 Å². The average Bonchev–Trinajstić information content (AvgIpc) is 3.23. The molecule has 0 fully saturated rings. The number of imidazole rings is 1. The molecule has 4 rings (SSSR count). The second-order valence-corrected chi connectivity index (χ2v) is 6.49. The third-order valence-corrected chi connectivity index (χ3v) is 4.87. The van der Waals surface area contributed by atoms with Gasteiger partial charge in [0.1, 0.15) is 16.2 Å². The van der Waals surface area contributed by atoms with Crippen LogP contribution in [0.4, 0.5) is 0 Å². The zero-order chi connectivity index (χ0) is 16.5. The minimum atomic E-state index is -0.242. The van der Waals surface area contributed by atoms with Crippen molar-refractivity contribution in [3.63, 3.8) is 0 Å². The van der Waals surface area contributed by atoms with Gasteiger partial charge in [-0.2, -0.15) is 0 Å². The number of amides is 1. The van der Waals surface area contributed by atoms with Crippen molar-refractivity contribution in [2.75, 3.05) is 5.43 Å². The van der Waals surface area contributed by atoms with Crippen molar-refractivity contribution in [1.82, 2.24) is 14.6 Å². The number of hydrogen-bond donors (Lipinski definition) is 1. The maximum atomic E-state index is 12.5. The molecule has 7 heteroatoms. The van der Waals surface area contributed by atoms with Gasteiger partial charge in [0.05, 0.1) is 22.3 Å². The number of para-hydroxylation sites is 2. The molecule has 2 heterocycles. The van der Waals surface area contributed by atoms with Gasteiger partial charge < -0.3 is 0 Å². The van der Waals surface area contributed by atoms with Crippen molar-refractivity contribution < 1.29 is 4.79 Å². The number of aromatic nitrogens is 3. The quantitative estimate of drug-likeness (QED) is 0.600. The fourth-order valence-electron chi connectivity index (χ4n) is 2.35. The summed E-state index contributed by atoms with van der Waals surface area (Å²) in [7, 11) is 0. The number of rotatable bonds is 3. The SMILES string of the molecule is O=C(Nn1cnc2ccccc21)c1cnc(-c2ccccc2Cl)s1. The summed E-state index contributed by atoms with van der Waals surface area (Å²) in [5.74, 6) is -0.242. The Hall–Kier alpha value is -2.70. The van der Waals surface area contributed by atoms with Crippen LogP contribution in [0.3, 0.4) is 0 Å². The van der Waals surface area contributed by atoms with E-state index in [1.807, 2.05) is 42.5 Å². The number of halogens is 1. The molecule has 0 radical (unpaired) electrons. The fourth-order valence-corrected chi connectivity index (χ4v) is 3.48. The van der Waals surface area contributed by atoms with E-state index in [2.05, 4.69) is 15.4 Å². The molecule has 0 bridgehead atoms. The van der Waals surface area contributed by atoms with Crippen LogP contribution < -0.4 is 5.43 Å². The third-order valence-electron chi connectivity index (χ3n) is 3.51. The Kier molecular flexibility index (Phi) is 3.76. The van der Waals surface area contributed by atoms with Crippen LogP contribution in [0, 0.1) is 0 Å². The van der Waals surface area contributed by atoms with Crippen LogP contribution in [0.15, 0.2) is 61.1 Å². The third kappa shape index (κ3) is 2.66. The molecule has 0 unspecified atom stereocenters. The number of fused-ring (bicyclic) bond motifs is 1. The summed E-state index contributed by atoms with van der Waals surface area (Å²) in [6, 6.07) is 15.0. The van der Waals surface area contributed by atoms with Crippen LogP contribution in [0.2, 0.25) is 5.02 Å². The monoisotopic (exact) mass is 354 g/mol. The zero-order valence-electron chi connectivity index (χ0n) is 12.3. The van der Waals surface area contributed by atoms with Gasteiger partial charge >= 0.3 is 0 Å². The highest BCUT2D eigenvalue weighted by molar-refractivity contribution is 7.17. The standard InChI is InChI=1S/C17H11ClN4OS/c18-12-6-2-1-5-11(12)17-19-9-15(24-17)16(23)21-22-10-20-13-7-3-4-8-14(13)22/h1-10H,(H,21,23). The molecule has 0 aliphatic rings. The van der Waals surface area contributed by atoms with Crippen LogP contribution >= 0.6 is 22.9 Å². The van der Waals surface area contributed by atoms with Gasteiger partial charge in [-0.25, -0.2) is 14.6 Å². The Balaban J connectivity index is 1.61. The van der Waals surface area contributed by atoms with E-state index in [1.54, 1.807) is 23.3 Å². The predicted molar refractivity (Wildman–Crippen MR) is 96.0 cm³/mol. The van der Waals surface area contributed by atoms with Gasteiger partial charge in [-0.1, -0.05) is 41.9 Å². The number of carbonyl (C=O) groups is 1. The Morgan fingerprint density at radius 2 is 1.88 bits per heavy atom. The molecule has 118 valence electrons. The maximum Gasteiger partial charge on any atom is 0.281 e. The Morgan fingerprint density at radius 3 is 2.75 bits per heavy atom. The molecular weight excluding hydrogens is 344 g/mol.